The van der Waals surface area contributed by atoms with Gasteiger partial charge in [-0.05, 0) is 30.7 Å². The minimum absolute atomic E-state index is 0.431. The van der Waals surface area contributed by atoms with E-state index >= 15 is 0 Å². The second kappa shape index (κ2) is 4.82. The first-order valence-electron chi connectivity index (χ1n) is 3.98. The predicted octanol–water partition coefficient (Wildman–Crippen LogP) is 2.38. The van der Waals surface area contributed by atoms with E-state index in [1.807, 2.05) is 0 Å². The normalized spacial score (nSPS) is 12.9. The van der Waals surface area contributed by atoms with Gasteiger partial charge >= 0.3 is 0 Å². The van der Waals surface area contributed by atoms with E-state index < -0.39 is 6.10 Å². The van der Waals surface area contributed by atoms with Gasteiger partial charge in [0.1, 0.15) is 0 Å². The maximum absolute atomic E-state index is 9.58. The van der Waals surface area contributed by atoms with Crippen molar-refractivity contribution < 1.29 is 5.11 Å². The number of benzene rings is 1. The van der Waals surface area contributed by atoms with Crippen molar-refractivity contribution in [1.29, 1.82) is 0 Å². The SMILES string of the molecule is NCCC(O)c1ccc(Cl)cc1Cl. The molecule has 0 fully saturated rings. The van der Waals surface area contributed by atoms with Crippen molar-refractivity contribution in [2.24, 2.45) is 5.73 Å². The topological polar surface area (TPSA) is 46.2 Å². The fourth-order valence-corrected chi connectivity index (χ4v) is 1.62. The molecule has 0 bridgehead atoms. The van der Waals surface area contributed by atoms with Crippen molar-refractivity contribution in [2.45, 2.75) is 12.5 Å². The van der Waals surface area contributed by atoms with Crippen LogP contribution in [0.4, 0.5) is 0 Å². The molecule has 0 spiro atoms. The van der Waals surface area contributed by atoms with E-state index in [2.05, 4.69) is 0 Å². The largest absolute Gasteiger partial charge is 0.388 e. The molecule has 0 aromatic heterocycles. The second-order valence-corrected chi connectivity index (χ2v) is 3.60. The van der Waals surface area contributed by atoms with E-state index in [0.717, 1.165) is 0 Å². The lowest BCUT2D eigenvalue weighted by Gasteiger charge is -2.11. The number of halogens is 2. The average Bonchev–Trinajstić information content (AvgIpc) is 2.04. The molecule has 1 atom stereocenters. The Kier molecular flexibility index (Phi) is 4.00. The Morgan fingerprint density at radius 3 is 2.62 bits per heavy atom. The highest BCUT2D eigenvalue weighted by Crippen LogP contribution is 2.27. The molecule has 13 heavy (non-hydrogen) atoms. The third kappa shape index (κ3) is 2.85. The van der Waals surface area contributed by atoms with Gasteiger partial charge in [0.2, 0.25) is 0 Å². The summed E-state index contributed by atoms with van der Waals surface area (Å²) < 4.78 is 0. The number of hydrogen-bond acceptors (Lipinski definition) is 2. The number of nitrogens with two attached hydrogens (primary N) is 1. The molecule has 0 amide bonds. The highest BCUT2D eigenvalue weighted by molar-refractivity contribution is 6.35. The molecule has 0 aliphatic heterocycles. The highest BCUT2D eigenvalue weighted by Gasteiger charge is 2.10. The molecule has 1 aromatic rings. The summed E-state index contributed by atoms with van der Waals surface area (Å²) in [5, 5.41) is 10.6. The molecule has 0 saturated heterocycles. The van der Waals surface area contributed by atoms with Gasteiger partial charge in [-0.25, -0.2) is 0 Å². The smallest absolute Gasteiger partial charge is 0.0816 e. The molecule has 72 valence electrons. The Labute approximate surface area is 87.3 Å². The summed E-state index contributed by atoms with van der Waals surface area (Å²) in [6.07, 6.45) is -0.101. The summed E-state index contributed by atoms with van der Waals surface area (Å²) in [6, 6.07) is 5.02. The van der Waals surface area contributed by atoms with E-state index in [0.29, 0.717) is 28.6 Å². The molecule has 1 aromatic carbocycles. The number of rotatable bonds is 3. The Bertz CT molecular complexity index is 291. The van der Waals surface area contributed by atoms with Gasteiger partial charge in [-0.2, -0.15) is 0 Å². The first-order valence-corrected chi connectivity index (χ1v) is 4.74. The summed E-state index contributed by atoms with van der Waals surface area (Å²) in [7, 11) is 0. The quantitative estimate of drug-likeness (QED) is 0.821. The van der Waals surface area contributed by atoms with E-state index in [1.54, 1.807) is 18.2 Å². The van der Waals surface area contributed by atoms with Gasteiger partial charge in [0.15, 0.2) is 0 Å². The van der Waals surface area contributed by atoms with Crippen LogP contribution in [0.5, 0.6) is 0 Å². The summed E-state index contributed by atoms with van der Waals surface area (Å²) >= 11 is 11.6. The number of aliphatic hydroxyl groups excluding tert-OH is 1. The average molecular weight is 220 g/mol. The molecule has 4 heteroatoms. The summed E-state index contributed by atoms with van der Waals surface area (Å²) in [4.78, 5) is 0. The Hall–Kier alpha value is -0.280. The zero-order valence-corrected chi connectivity index (χ0v) is 8.52. The minimum Gasteiger partial charge on any atom is -0.388 e. The molecule has 1 rings (SSSR count). The molecule has 0 aliphatic rings. The van der Waals surface area contributed by atoms with E-state index in [9.17, 15) is 5.11 Å². The van der Waals surface area contributed by atoms with Crippen molar-refractivity contribution in [2.75, 3.05) is 6.54 Å². The molecule has 0 aliphatic carbocycles. The van der Waals surface area contributed by atoms with Crippen LogP contribution in [0.15, 0.2) is 18.2 Å². The highest BCUT2D eigenvalue weighted by atomic mass is 35.5. The molecular formula is C9H11Cl2NO. The zero-order chi connectivity index (χ0) is 9.84. The lowest BCUT2D eigenvalue weighted by molar-refractivity contribution is 0.170. The summed E-state index contributed by atoms with van der Waals surface area (Å²) in [5.41, 5.74) is 5.99. The van der Waals surface area contributed by atoms with Gasteiger partial charge in [0.05, 0.1) is 6.10 Å². The summed E-state index contributed by atoms with van der Waals surface area (Å²) in [6.45, 7) is 0.431. The van der Waals surface area contributed by atoms with E-state index in [1.165, 1.54) is 0 Å². The maximum Gasteiger partial charge on any atom is 0.0816 e. The standard InChI is InChI=1S/C9H11Cl2NO/c10-6-1-2-7(8(11)5-6)9(13)3-4-12/h1-2,5,9,13H,3-4,12H2. The summed E-state index contributed by atoms with van der Waals surface area (Å²) in [5.74, 6) is 0. The first kappa shape index (κ1) is 10.8. The third-order valence-corrected chi connectivity index (χ3v) is 2.32. The van der Waals surface area contributed by atoms with E-state index in [4.69, 9.17) is 28.9 Å². The van der Waals surface area contributed by atoms with Gasteiger partial charge in [-0.1, -0.05) is 29.3 Å². The molecule has 0 radical (unpaired) electrons. The molecule has 2 nitrogen and oxygen atoms in total. The van der Waals surface area contributed by atoms with Gasteiger partial charge in [0, 0.05) is 10.0 Å². The Morgan fingerprint density at radius 2 is 2.08 bits per heavy atom. The van der Waals surface area contributed by atoms with E-state index in [-0.39, 0.29) is 0 Å². The molecule has 3 N–H and O–H groups in total. The zero-order valence-electron chi connectivity index (χ0n) is 7.00. The van der Waals surface area contributed by atoms with Crippen molar-refractivity contribution in [3.05, 3.63) is 33.8 Å². The van der Waals surface area contributed by atoms with Gasteiger partial charge in [0.25, 0.3) is 0 Å². The van der Waals surface area contributed by atoms with Crippen LogP contribution < -0.4 is 5.73 Å². The molecule has 0 saturated carbocycles. The number of hydrogen-bond donors (Lipinski definition) is 2. The van der Waals surface area contributed by atoms with Crippen LogP contribution in [0.25, 0.3) is 0 Å². The molecule has 1 unspecified atom stereocenters. The van der Waals surface area contributed by atoms with Crippen LogP contribution in [0.1, 0.15) is 18.1 Å². The minimum atomic E-state index is -0.602. The number of aliphatic hydroxyl groups is 1. The van der Waals surface area contributed by atoms with Crippen LogP contribution >= 0.6 is 23.2 Å². The monoisotopic (exact) mass is 219 g/mol. The van der Waals surface area contributed by atoms with Gasteiger partial charge in [-0.3, -0.25) is 0 Å². The third-order valence-electron chi connectivity index (χ3n) is 1.76. The van der Waals surface area contributed by atoms with Crippen molar-refractivity contribution >= 4 is 23.2 Å². The molecule has 0 heterocycles. The van der Waals surface area contributed by atoms with Crippen molar-refractivity contribution in [3.63, 3.8) is 0 Å². The fraction of sp³-hybridized carbons (Fsp3) is 0.333. The van der Waals surface area contributed by atoms with Crippen LogP contribution in [-0.4, -0.2) is 11.7 Å². The van der Waals surface area contributed by atoms with Crippen LogP contribution in [-0.2, 0) is 0 Å². The van der Waals surface area contributed by atoms with Gasteiger partial charge in [-0.15, -0.1) is 0 Å². The van der Waals surface area contributed by atoms with Crippen LogP contribution in [0.3, 0.4) is 0 Å². The lowest BCUT2D eigenvalue weighted by atomic mass is 10.1. The maximum atomic E-state index is 9.58. The first-order chi connectivity index (χ1) is 6.15. The Balaban J connectivity index is 2.88. The lowest BCUT2D eigenvalue weighted by Crippen LogP contribution is -2.06. The fourth-order valence-electron chi connectivity index (χ4n) is 1.09. The van der Waals surface area contributed by atoms with Crippen LogP contribution in [0, 0.1) is 0 Å². The van der Waals surface area contributed by atoms with Crippen molar-refractivity contribution in [1.82, 2.24) is 0 Å². The second-order valence-electron chi connectivity index (χ2n) is 2.76. The predicted molar refractivity (Wildman–Crippen MR) is 55.1 cm³/mol. The van der Waals surface area contributed by atoms with Crippen molar-refractivity contribution in [3.8, 4) is 0 Å². The van der Waals surface area contributed by atoms with Gasteiger partial charge < -0.3 is 10.8 Å². The molecular weight excluding hydrogens is 209 g/mol. The Morgan fingerprint density at radius 1 is 1.38 bits per heavy atom. The van der Waals surface area contributed by atoms with Crippen LogP contribution in [0.2, 0.25) is 10.0 Å².